The molecule has 0 fully saturated rings. The average molecular weight is 381 g/mol. The predicted molar refractivity (Wildman–Crippen MR) is 110 cm³/mol. The topological polar surface area (TPSA) is 66.9 Å². The smallest absolute Gasteiger partial charge is 0.258 e. The van der Waals surface area contributed by atoms with Gasteiger partial charge in [-0.15, -0.1) is 0 Å². The minimum Gasteiger partial charge on any atom is -0.324 e. The summed E-state index contributed by atoms with van der Waals surface area (Å²) in [6, 6.07) is 13.4. The summed E-state index contributed by atoms with van der Waals surface area (Å²) in [5, 5.41) is 6.59. The first-order valence-electron chi connectivity index (χ1n) is 8.69. The molecule has 3 aromatic rings. The van der Waals surface area contributed by atoms with Gasteiger partial charge in [0.15, 0.2) is 0 Å². The second-order valence-electron chi connectivity index (χ2n) is 6.61. The summed E-state index contributed by atoms with van der Waals surface area (Å²) in [5.41, 5.74) is 4.19. The molecule has 0 atom stereocenters. The maximum Gasteiger partial charge on any atom is 0.258 e. The van der Waals surface area contributed by atoms with Gasteiger partial charge in [-0.2, -0.15) is 0 Å². The number of rotatable bonds is 5. The van der Waals surface area contributed by atoms with E-state index >= 15 is 0 Å². The number of aromatic nitrogens is 2. The lowest BCUT2D eigenvalue weighted by Gasteiger charge is -2.10. The number of aryl methyl sites for hydroxylation is 1. The van der Waals surface area contributed by atoms with E-state index in [0.717, 1.165) is 16.9 Å². The highest BCUT2D eigenvalue weighted by molar-refractivity contribution is 6.30. The molecule has 6 heteroatoms. The fourth-order valence-corrected chi connectivity index (χ4v) is 2.69. The number of hydrogen-bond donors (Lipinski definition) is 2. The lowest BCUT2D eigenvalue weighted by atomic mass is 10.0. The molecule has 1 heterocycles. The third kappa shape index (κ3) is 4.83. The number of benzene rings is 2. The van der Waals surface area contributed by atoms with Crippen molar-refractivity contribution in [1.82, 2.24) is 9.97 Å². The Kier molecular flexibility index (Phi) is 5.72. The first-order chi connectivity index (χ1) is 12.9. The van der Waals surface area contributed by atoms with E-state index in [0.29, 0.717) is 22.5 Å². The van der Waals surface area contributed by atoms with Crippen molar-refractivity contribution >= 4 is 34.8 Å². The number of anilines is 3. The number of halogens is 1. The molecule has 2 aromatic carbocycles. The average Bonchev–Trinajstić information content (AvgIpc) is 2.65. The molecule has 3 rings (SSSR count). The van der Waals surface area contributed by atoms with Crippen molar-refractivity contribution in [3.8, 4) is 0 Å². The largest absolute Gasteiger partial charge is 0.324 e. The summed E-state index contributed by atoms with van der Waals surface area (Å²) >= 11 is 6.02. The van der Waals surface area contributed by atoms with Crippen LogP contribution in [-0.2, 0) is 0 Å². The number of nitrogens with zero attached hydrogens (tertiary/aromatic N) is 2. The normalized spacial score (nSPS) is 10.7. The Morgan fingerprint density at radius 3 is 2.33 bits per heavy atom. The Morgan fingerprint density at radius 1 is 1.04 bits per heavy atom. The Labute approximate surface area is 163 Å². The van der Waals surface area contributed by atoms with Crippen LogP contribution in [0.4, 0.5) is 17.3 Å². The zero-order chi connectivity index (χ0) is 19.4. The molecule has 0 spiro atoms. The van der Waals surface area contributed by atoms with Crippen LogP contribution in [0.3, 0.4) is 0 Å². The van der Waals surface area contributed by atoms with Crippen molar-refractivity contribution in [2.24, 2.45) is 0 Å². The SMILES string of the molecule is Cc1ccc(Cl)cc1Nc1ncc(C(=O)Nc2ccc(C(C)C)cc2)cn1. The van der Waals surface area contributed by atoms with Crippen LogP contribution in [0.15, 0.2) is 54.9 Å². The van der Waals surface area contributed by atoms with Gasteiger partial charge >= 0.3 is 0 Å². The number of carbonyl (C=O) groups excluding carboxylic acids is 1. The minimum atomic E-state index is -0.252. The van der Waals surface area contributed by atoms with Gasteiger partial charge in [0, 0.05) is 28.8 Å². The van der Waals surface area contributed by atoms with Gasteiger partial charge in [0.1, 0.15) is 0 Å². The molecular weight excluding hydrogens is 360 g/mol. The lowest BCUT2D eigenvalue weighted by Crippen LogP contribution is -2.13. The van der Waals surface area contributed by atoms with E-state index in [9.17, 15) is 4.79 Å². The zero-order valence-corrected chi connectivity index (χ0v) is 16.2. The van der Waals surface area contributed by atoms with Gasteiger partial charge in [-0.25, -0.2) is 9.97 Å². The van der Waals surface area contributed by atoms with Gasteiger partial charge in [0.25, 0.3) is 5.91 Å². The van der Waals surface area contributed by atoms with Crippen LogP contribution in [0.2, 0.25) is 5.02 Å². The molecule has 2 N–H and O–H groups in total. The molecule has 0 bridgehead atoms. The summed E-state index contributed by atoms with van der Waals surface area (Å²) in [6.45, 7) is 6.22. The monoisotopic (exact) mass is 380 g/mol. The van der Waals surface area contributed by atoms with E-state index in [4.69, 9.17) is 11.6 Å². The van der Waals surface area contributed by atoms with Crippen molar-refractivity contribution < 1.29 is 4.79 Å². The van der Waals surface area contributed by atoms with Crippen molar-refractivity contribution in [1.29, 1.82) is 0 Å². The fourth-order valence-electron chi connectivity index (χ4n) is 2.51. The molecule has 0 aliphatic carbocycles. The van der Waals surface area contributed by atoms with Crippen LogP contribution in [0.25, 0.3) is 0 Å². The zero-order valence-electron chi connectivity index (χ0n) is 15.5. The van der Waals surface area contributed by atoms with Crippen molar-refractivity contribution in [2.45, 2.75) is 26.7 Å². The Hall–Kier alpha value is -2.92. The predicted octanol–water partition coefficient (Wildman–Crippen LogP) is 5.56. The van der Waals surface area contributed by atoms with E-state index in [1.54, 1.807) is 0 Å². The van der Waals surface area contributed by atoms with Gasteiger partial charge in [-0.3, -0.25) is 4.79 Å². The summed E-state index contributed by atoms with van der Waals surface area (Å²) < 4.78 is 0. The number of hydrogen-bond acceptors (Lipinski definition) is 4. The van der Waals surface area contributed by atoms with E-state index in [1.165, 1.54) is 18.0 Å². The number of carbonyl (C=O) groups is 1. The highest BCUT2D eigenvalue weighted by Crippen LogP contribution is 2.22. The van der Waals surface area contributed by atoms with Crippen LogP contribution in [0.5, 0.6) is 0 Å². The molecule has 5 nitrogen and oxygen atoms in total. The second kappa shape index (κ2) is 8.18. The molecule has 0 saturated carbocycles. The third-order valence-electron chi connectivity index (χ3n) is 4.20. The van der Waals surface area contributed by atoms with Crippen LogP contribution < -0.4 is 10.6 Å². The highest BCUT2D eigenvalue weighted by Gasteiger charge is 2.09. The summed E-state index contributed by atoms with van der Waals surface area (Å²) in [5.74, 6) is 0.599. The Morgan fingerprint density at radius 2 is 1.70 bits per heavy atom. The maximum absolute atomic E-state index is 12.4. The summed E-state index contributed by atoms with van der Waals surface area (Å²) in [7, 11) is 0. The molecule has 27 heavy (non-hydrogen) atoms. The number of amides is 1. The van der Waals surface area contributed by atoms with Crippen LogP contribution in [0.1, 0.15) is 41.3 Å². The van der Waals surface area contributed by atoms with Gasteiger partial charge in [-0.05, 0) is 48.2 Å². The maximum atomic E-state index is 12.4. The Bertz CT molecular complexity index is 937. The van der Waals surface area contributed by atoms with Gasteiger partial charge in [0.05, 0.1) is 5.56 Å². The van der Waals surface area contributed by atoms with Gasteiger partial charge < -0.3 is 10.6 Å². The van der Waals surface area contributed by atoms with E-state index in [1.807, 2.05) is 49.4 Å². The van der Waals surface area contributed by atoms with E-state index in [-0.39, 0.29) is 5.91 Å². The van der Waals surface area contributed by atoms with Crippen molar-refractivity contribution in [3.05, 3.63) is 76.6 Å². The van der Waals surface area contributed by atoms with Crippen LogP contribution in [-0.4, -0.2) is 15.9 Å². The van der Waals surface area contributed by atoms with Crippen molar-refractivity contribution in [2.75, 3.05) is 10.6 Å². The van der Waals surface area contributed by atoms with Gasteiger partial charge in [0.2, 0.25) is 5.95 Å². The van der Waals surface area contributed by atoms with E-state index < -0.39 is 0 Å². The molecule has 138 valence electrons. The molecule has 0 radical (unpaired) electrons. The third-order valence-corrected chi connectivity index (χ3v) is 4.43. The standard InChI is InChI=1S/C21H21ClN4O/c1-13(2)15-5-8-18(9-6-15)25-20(27)16-11-23-21(24-12-16)26-19-10-17(22)7-4-14(19)3/h4-13H,1-3H3,(H,25,27)(H,23,24,26). The molecule has 1 amide bonds. The van der Waals surface area contributed by atoms with Crippen molar-refractivity contribution in [3.63, 3.8) is 0 Å². The fraction of sp³-hybridized carbons (Fsp3) is 0.190. The first-order valence-corrected chi connectivity index (χ1v) is 9.06. The summed E-state index contributed by atoms with van der Waals surface area (Å²) in [6.07, 6.45) is 2.99. The molecule has 0 unspecified atom stereocenters. The van der Waals surface area contributed by atoms with Gasteiger partial charge in [-0.1, -0.05) is 43.6 Å². The second-order valence-corrected chi connectivity index (χ2v) is 7.05. The Balaban J connectivity index is 1.67. The lowest BCUT2D eigenvalue weighted by molar-refractivity contribution is 0.102. The molecule has 0 aliphatic rings. The first kappa shape index (κ1) is 18.9. The molecule has 1 aromatic heterocycles. The molecule has 0 saturated heterocycles. The van der Waals surface area contributed by atoms with Crippen LogP contribution in [0, 0.1) is 6.92 Å². The summed E-state index contributed by atoms with van der Waals surface area (Å²) in [4.78, 5) is 20.8. The minimum absolute atomic E-state index is 0.252. The quantitative estimate of drug-likeness (QED) is 0.608. The highest BCUT2D eigenvalue weighted by atomic mass is 35.5. The van der Waals surface area contributed by atoms with Crippen LogP contribution >= 0.6 is 11.6 Å². The van der Waals surface area contributed by atoms with E-state index in [2.05, 4.69) is 34.4 Å². The molecule has 0 aliphatic heterocycles. The number of nitrogens with one attached hydrogen (secondary N) is 2. The molecular formula is C21H21ClN4O.